The minimum atomic E-state index is -0.236. The summed E-state index contributed by atoms with van der Waals surface area (Å²) < 4.78 is 0. The number of dihydropyridines is 1. The van der Waals surface area contributed by atoms with E-state index in [-0.39, 0.29) is 11.7 Å². The molecule has 1 atom stereocenters. The molecule has 0 aromatic heterocycles. The van der Waals surface area contributed by atoms with E-state index in [4.69, 9.17) is 0 Å². The van der Waals surface area contributed by atoms with Crippen LogP contribution in [0.25, 0.3) is 0 Å². The zero-order valence-corrected chi connectivity index (χ0v) is 13.8. The van der Waals surface area contributed by atoms with E-state index in [9.17, 15) is 10.1 Å². The van der Waals surface area contributed by atoms with E-state index < -0.39 is 0 Å². The normalized spacial score (nSPS) is 20.8. The summed E-state index contributed by atoms with van der Waals surface area (Å²) in [6, 6.07) is 10.4. The summed E-state index contributed by atoms with van der Waals surface area (Å²) >= 11 is 0. The summed E-state index contributed by atoms with van der Waals surface area (Å²) in [6.07, 6.45) is 2.33. The Hall–Kier alpha value is -2.54. The van der Waals surface area contributed by atoms with Crippen molar-refractivity contribution >= 4 is 11.5 Å². The third-order valence-corrected chi connectivity index (χ3v) is 4.64. The highest BCUT2D eigenvalue weighted by Gasteiger charge is 2.35. The molecule has 0 unspecified atom stereocenters. The van der Waals surface area contributed by atoms with Crippen LogP contribution in [-0.4, -0.2) is 19.9 Å². The number of anilines is 1. The second kappa shape index (κ2) is 5.92. The fourth-order valence-corrected chi connectivity index (χ4v) is 3.43. The molecule has 2 aliphatic rings. The first-order chi connectivity index (χ1) is 11.0. The molecule has 0 spiro atoms. The van der Waals surface area contributed by atoms with Crippen LogP contribution in [0.5, 0.6) is 0 Å². The molecule has 0 radical (unpaired) electrons. The van der Waals surface area contributed by atoms with E-state index in [1.807, 2.05) is 50.2 Å². The zero-order valence-electron chi connectivity index (χ0n) is 13.8. The van der Waals surface area contributed by atoms with Gasteiger partial charge in [0.05, 0.1) is 17.6 Å². The van der Waals surface area contributed by atoms with Gasteiger partial charge in [-0.05, 0) is 37.5 Å². The maximum Gasteiger partial charge on any atom is 0.161 e. The number of Topliss-reactive ketones (excluding diaryl/α,β-unsaturated/α-hetero) is 1. The van der Waals surface area contributed by atoms with Crippen LogP contribution in [0.4, 0.5) is 5.69 Å². The van der Waals surface area contributed by atoms with Crippen LogP contribution in [0.15, 0.2) is 46.8 Å². The predicted molar refractivity (Wildman–Crippen MR) is 90.8 cm³/mol. The molecule has 3 rings (SSSR count). The average Bonchev–Trinajstić information content (AvgIpc) is 2.54. The molecule has 4 heteroatoms. The zero-order chi connectivity index (χ0) is 16.6. The summed E-state index contributed by atoms with van der Waals surface area (Å²) in [4.78, 5) is 14.6. The Bertz CT molecular complexity index is 748. The number of carbonyl (C=O) groups excluding carboxylic acids is 1. The van der Waals surface area contributed by atoms with Gasteiger partial charge in [-0.1, -0.05) is 12.1 Å². The summed E-state index contributed by atoms with van der Waals surface area (Å²) in [6.45, 7) is 1.92. The first kappa shape index (κ1) is 15.4. The van der Waals surface area contributed by atoms with E-state index in [1.165, 1.54) is 0 Å². The quantitative estimate of drug-likeness (QED) is 0.911. The number of rotatable bonds is 2. The minimum absolute atomic E-state index is 0.167. The molecule has 1 heterocycles. The topological polar surface area (TPSA) is 56.1 Å². The molecule has 23 heavy (non-hydrogen) atoms. The molecule has 0 bridgehead atoms. The van der Waals surface area contributed by atoms with Crippen molar-refractivity contribution in [1.29, 1.82) is 5.26 Å². The molecule has 1 aromatic rings. The molecule has 1 N–H and O–H groups in total. The standard InChI is InChI=1S/C19H21N3O/c1-12-15(11-20)18(13-7-9-14(10-8-13)22(2)3)19-16(21-12)5-4-6-17(19)23/h7-10,18,21H,4-6H2,1-3H3/t18-/m1/s1. The van der Waals surface area contributed by atoms with Crippen LogP contribution < -0.4 is 10.2 Å². The number of allylic oxidation sites excluding steroid dienone is 4. The first-order valence-corrected chi connectivity index (χ1v) is 7.94. The fraction of sp³-hybridized carbons (Fsp3) is 0.368. The van der Waals surface area contributed by atoms with Crippen LogP contribution >= 0.6 is 0 Å². The Balaban J connectivity index is 2.11. The molecule has 0 fully saturated rings. The fourth-order valence-electron chi connectivity index (χ4n) is 3.43. The third kappa shape index (κ3) is 2.63. The second-order valence-corrected chi connectivity index (χ2v) is 6.36. The molecule has 0 saturated heterocycles. The highest BCUT2D eigenvalue weighted by molar-refractivity contribution is 5.99. The Morgan fingerprint density at radius 2 is 1.91 bits per heavy atom. The lowest BCUT2D eigenvalue weighted by Crippen LogP contribution is -2.31. The van der Waals surface area contributed by atoms with Crippen molar-refractivity contribution in [2.45, 2.75) is 32.1 Å². The van der Waals surface area contributed by atoms with Crippen molar-refractivity contribution in [2.75, 3.05) is 19.0 Å². The average molecular weight is 307 g/mol. The van der Waals surface area contributed by atoms with Crippen molar-refractivity contribution < 1.29 is 4.79 Å². The van der Waals surface area contributed by atoms with Gasteiger partial charge in [0, 0.05) is 43.2 Å². The molecule has 1 aliphatic carbocycles. The van der Waals surface area contributed by atoms with Crippen molar-refractivity contribution in [3.05, 3.63) is 52.4 Å². The van der Waals surface area contributed by atoms with E-state index >= 15 is 0 Å². The van der Waals surface area contributed by atoms with Gasteiger partial charge in [0.1, 0.15) is 0 Å². The maximum atomic E-state index is 12.5. The van der Waals surface area contributed by atoms with Gasteiger partial charge in [0.15, 0.2) is 5.78 Å². The van der Waals surface area contributed by atoms with E-state index in [1.54, 1.807) is 0 Å². The van der Waals surface area contributed by atoms with Crippen molar-refractivity contribution in [3.8, 4) is 6.07 Å². The van der Waals surface area contributed by atoms with Crippen LogP contribution in [0.3, 0.4) is 0 Å². The molecule has 0 saturated carbocycles. The highest BCUT2D eigenvalue weighted by atomic mass is 16.1. The van der Waals surface area contributed by atoms with Crippen molar-refractivity contribution in [1.82, 2.24) is 5.32 Å². The predicted octanol–water partition coefficient (Wildman–Crippen LogP) is 3.24. The Kier molecular flexibility index (Phi) is 3.96. The second-order valence-electron chi connectivity index (χ2n) is 6.36. The molecular weight excluding hydrogens is 286 g/mol. The van der Waals surface area contributed by atoms with E-state index in [0.717, 1.165) is 41.1 Å². The number of ketones is 1. The summed E-state index contributed by atoms with van der Waals surface area (Å²) in [5.74, 6) is -0.0686. The molecule has 0 amide bonds. The Morgan fingerprint density at radius 1 is 1.22 bits per heavy atom. The smallest absolute Gasteiger partial charge is 0.161 e. The largest absolute Gasteiger partial charge is 0.378 e. The summed E-state index contributed by atoms with van der Waals surface area (Å²) in [5, 5.41) is 12.9. The summed E-state index contributed by atoms with van der Waals surface area (Å²) in [5.41, 5.74) is 5.41. The van der Waals surface area contributed by atoms with Gasteiger partial charge in [-0.2, -0.15) is 5.26 Å². The lowest BCUT2D eigenvalue weighted by atomic mass is 9.75. The van der Waals surface area contributed by atoms with Gasteiger partial charge in [-0.25, -0.2) is 0 Å². The number of hydrogen-bond acceptors (Lipinski definition) is 4. The van der Waals surface area contributed by atoms with Gasteiger partial charge >= 0.3 is 0 Å². The Morgan fingerprint density at radius 3 is 2.52 bits per heavy atom. The van der Waals surface area contributed by atoms with E-state index in [0.29, 0.717) is 12.0 Å². The third-order valence-electron chi connectivity index (χ3n) is 4.64. The summed E-state index contributed by atoms with van der Waals surface area (Å²) in [7, 11) is 3.99. The SMILES string of the molecule is CC1=C(C#N)[C@@H](c2ccc(N(C)C)cc2)C2=C(CCCC2=O)N1. The highest BCUT2D eigenvalue weighted by Crippen LogP contribution is 2.41. The van der Waals surface area contributed by atoms with Crippen molar-refractivity contribution in [3.63, 3.8) is 0 Å². The number of hydrogen-bond donors (Lipinski definition) is 1. The lowest BCUT2D eigenvalue weighted by molar-refractivity contribution is -0.116. The first-order valence-electron chi connectivity index (χ1n) is 7.94. The number of nitriles is 1. The van der Waals surface area contributed by atoms with E-state index in [2.05, 4.69) is 11.4 Å². The maximum absolute atomic E-state index is 12.5. The van der Waals surface area contributed by atoms with Crippen molar-refractivity contribution in [2.24, 2.45) is 0 Å². The number of carbonyl (C=O) groups is 1. The van der Waals surface area contributed by atoms with Gasteiger partial charge in [0.2, 0.25) is 0 Å². The Labute approximate surface area is 137 Å². The van der Waals surface area contributed by atoms with Crippen LogP contribution in [0, 0.1) is 11.3 Å². The number of benzene rings is 1. The molecule has 4 nitrogen and oxygen atoms in total. The van der Waals surface area contributed by atoms with Gasteiger partial charge in [-0.3, -0.25) is 4.79 Å². The monoisotopic (exact) mass is 307 g/mol. The minimum Gasteiger partial charge on any atom is -0.378 e. The lowest BCUT2D eigenvalue weighted by Gasteiger charge is -2.32. The molecule has 1 aliphatic heterocycles. The number of nitrogens with zero attached hydrogens (tertiary/aromatic N) is 2. The van der Waals surface area contributed by atoms with Crippen LogP contribution in [0.1, 0.15) is 37.7 Å². The van der Waals surface area contributed by atoms with Crippen LogP contribution in [-0.2, 0) is 4.79 Å². The van der Waals surface area contributed by atoms with Gasteiger partial charge in [0.25, 0.3) is 0 Å². The molecular formula is C19H21N3O. The molecule has 1 aromatic carbocycles. The van der Waals surface area contributed by atoms with Crippen LogP contribution in [0.2, 0.25) is 0 Å². The van der Waals surface area contributed by atoms with Gasteiger partial charge in [-0.15, -0.1) is 0 Å². The molecule has 118 valence electrons. The number of nitrogens with one attached hydrogen (secondary N) is 1. The van der Waals surface area contributed by atoms with Gasteiger partial charge < -0.3 is 10.2 Å².